The molecule has 0 fully saturated rings. The van der Waals surface area contributed by atoms with Crippen molar-refractivity contribution in [3.63, 3.8) is 0 Å². The average Bonchev–Trinajstić information content (AvgIpc) is 3.05. The van der Waals surface area contributed by atoms with Crippen LogP contribution in [0.15, 0.2) is 52.9 Å². The maximum atomic E-state index is 13.7. The first-order valence-corrected chi connectivity index (χ1v) is 7.24. The lowest BCUT2D eigenvalue weighted by molar-refractivity contribution is -0.135. The van der Waals surface area contributed by atoms with E-state index in [-0.39, 0.29) is 18.0 Å². The predicted molar refractivity (Wildman–Crippen MR) is 84.5 cm³/mol. The molecule has 2 N–H and O–H groups in total. The molecule has 0 bridgehead atoms. The Balaban J connectivity index is 1.73. The summed E-state index contributed by atoms with van der Waals surface area (Å²) in [5.41, 5.74) is 1.88. The van der Waals surface area contributed by atoms with Gasteiger partial charge in [-0.05, 0) is 29.8 Å². The summed E-state index contributed by atoms with van der Waals surface area (Å²) in [5.74, 6) is -0.917. The van der Waals surface area contributed by atoms with E-state index < -0.39 is 11.8 Å². The van der Waals surface area contributed by atoms with Gasteiger partial charge in [-0.15, -0.1) is 10.2 Å². The first-order chi connectivity index (χ1) is 11.6. The summed E-state index contributed by atoms with van der Waals surface area (Å²) >= 11 is 0. The van der Waals surface area contributed by atoms with Crippen LogP contribution in [0.5, 0.6) is 0 Å². The third-order valence-corrected chi connectivity index (χ3v) is 3.34. The Morgan fingerprint density at radius 3 is 2.50 bits per heavy atom. The lowest BCUT2D eigenvalue weighted by atomic mass is 10.1. The average molecular weight is 327 g/mol. The Bertz CT molecular complexity index is 846. The molecule has 0 aliphatic heterocycles. The van der Waals surface area contributed by atoms with E-state index in [0.717, 1.165) is 5.56 Å². The number of rotatable bonds is 6. The number of aromatic nitrogens is 2. The number of nitrogens with zero attached hydrogens (tertiary/aromatic N) is 2. The van der Waals surface area contributed by atoms with E-state index in [1.165, 1.54) is 6.07 Å². The molecule has 6 nitrogen and oxygen atoms in total. The van der Waals surface area contributed by atoms with Crippen LogP contribution in [0.2, 0.25) is 0 Å². The van der Waals surface area contributed by atoms with Gasteiger partial charge in [0.2, 0.25) is 5.89 Å². The van der Waals surface area contributed by atoms with Gasteiger partial charge in [0.05, 0.1) is 12.1 Å². The number of carboxylic acids is 1. The maximum absolute atomic E-state index is 13.7. The SMILES string of the molecule is O=C(O)CNCc1ccc(-c2nnc(-c3ccccc3F)o2)cc1. The van der Waals surface area contributed by atoms with Crippen LogP contribution in [0.1, 0.15) is 5.56 Å². The second-order valence-electron chi connectivity index (χ2n) is 5.09. The highest BCUT2D eigenvalue weighted by molar-refractivity contribution is 5.69. The second-order valence-corrected chi connectivity index (χ2v) is 5.09. The molecule has 0 spiro atoms. The number of carbonyl (C=O) groups is 1. The fraction of sp³-hybridized carbons (Fsp3) is 0.118. The zero-order valence-corrected chi connectivity index (χ0v) is 12.6. The molecule has 0 atom stereocenters. The van der Waals surface area contributed by atoms with Crippen LogP contribution >= 0.6 is 0 Å². The van der Waals surface area contributed by atoms with E-state index in [9.17, 15) is 9.18 Å². The molecule has 0 amide bonds. The molecule has 0 aliphatic rings. The van der Waals surface area contributed by atoms with Crippen molar-refractivity contribution in [3.05, 3.63) is 59.9 Å². The quantitative estimate of drug-likeness (QED) is 0.724. The van der Waals surface area contributed by atoms with Crippen molar-refractivity contribution in [3.8, 4) is 22.9 Å². The van der Waals surface area contributed by atoms with Crippen molar-refractivity contribution in [2.45, 2.75) is 6.54 Å². The summed E-state index contributed by atoms with van der Waals surface area (Å²) in [6.07, 6.45) is 0. The van der Waals surface area contributed by atoms with Crippen molar-refractivity contribution >= 4 is 5.97 Å². The third-order valence-electron chi connectivity index (χ3n) is 3.34. The minimum absolute atomic E-state index is 0.0998. The van der Waals surface area contributed by atoms with Gasteiger partial charge >= 0.3 is 5.97 Å². The van der Waals surface area contributed by atoms with Crippen LogP contribution in [0, 0.1) is 5.82 Å². The lowest BCUT2D eigenvalue weighted by Crippen LogP contribution is -2.21. The maximum Gasteiger partial charge on any atom is 0.317 e. The van der Waals surface area contributed by atoms with Crippen molar-refractivity contribution in [1.82, 2.24) is 15.5 Å². The molecule has 0 radical (unpaired) electrons. The fourth-order valence-electron chi connectivity index (χ4n) is 2.16. The summed E-state index contributed by atoms with van der Waals surface area (Å²) < 4.78 is 19.3. The first kappa shape index (κ1) is 15.8. The second kappa shape index (κ2) is 7.01. The molecule has 122 valence electrons. The largest absolute Gasteiger partial charge is 0.480 e. The monoisotopic (exact) mass is 327 g/mol. The number of hydrogen-bond acceptors (Lipinski definition) is 5. The van der Waals surface area contributed by atoms with Gasteiger partial charge < -0.3 is 14.8 Å². The van der Waals surface area contributed by atoms with Gasteiger partial charge in [-0.1, -0.05) is 24.3 Å². The van der Waals surface area contributed by atoms with Gasteiger partial charge in [-0.2, -0.15) is 0 Å². The van der Waals surface area contributed by atoms with Gasteiger partial charge in [0.15, 0.2) is 0 Å². The molecule has 1 heterocycles. The number of hydrogen-bond donors (Lipinski definition) is 2. The van der Waals surface area contributed by atoms with Crippen LogP contribution in [0.3, 0.4) is 0 Å². The van der Waals surface area contributed by atoms with Gasteiger partial charge in [0, 0.05) is 12.1 Å². The topological polar surface area (TPSA) is 88.2 Å². The molecule has 7 heteroatoms. The molecule has 1 aromatic heterocycles. The summed E-state index contributed by atoms with van der Waals surface area (Å²) in [4.78, 5) is 10.5. The van der Waals surface area contributed by atoms with Gasteiger partial charge in [0.1, 0.15) is 5.82 Å². The number of carboxylic acid groups (broad SMARTS) is 1. The van der Waals surface area contributed by atoms with Crippen LogP contribution in [-0.2, 0) is 11.3 Å². The van der Waals surface area contributed by atoms with Crippen molar-refractivity contribution < 1.29 is 18.7 Å². The summed E-state index contributed by atoms with van der Waals surface area (Å²) in [5, 5.41) is 19.2. The predicted octanol–water partition coefficient (Wildman–Crippen LogP) is 2.72. The van der Waals surface area contributed by atoms with Crippen molar-refractivity contribution in [2.75, 3.05) is 6.54 Å². The van der Waals surface area contributed by atoms with E-state index in [2.05, 4.69) is 15.5 Å². The molecule has 2 aromatic carbocycles. The molecule has 3 aromatic rings. The highest BCUT2D eigenvalue weighted by atomic mass is 19.1. The van der Waals surface area contributed by atoms with Gasteiger partial charge in [0.25, 0.3) is 5.89 Å². The zero-order chi connectivity index (χ0) is 16.9. The van der Waals surface area contributed by atoms with Crippen LogP contribution in [0.4, 0.5) is 4.39 Å². The smallest absolute Gasteiger partial charge is 0.317 e. The molecule has 0 saturated carbocycles. The summed E-state index contributed by atoms with van der Waals surface area (Å²) in [6.45, 7) is 0.342. The Hall–Kier alpha value is -3.06. The van der Waals surface area contributed by atoms with Crippen molar-refractivity contribution in [2.24, 2.45) is 0 Å². The summed E-state index contributed by atoms with van der Waals surface area (Å²) in [6, 6.07) is 13.4. The minimum Gasteiger partial charge on any atom is -0.480 e. The molecule has 0 aliphatic carbocycles. The Morgan fingerprint density at radius 1 is 1.08 bits per heavy atom. The Morgan fingerprint density at radius 2 is 1.79 bits per heavy atom. The third kappa shape index (κ3) is 3.64. The molecule has 24 heavy (non-hydrogen) atoms. The highest BCUT2D eigenvalue weighted by Crippen LogP contribution is 2.25. The lowest BCUT2D eigenvalue weighted by Gasteiger charge is -2.02. The minimum atomic E-state index is -0.904. The van der Waals surface area contributed by atoms with E-state index in [4.69, 9.17) is 9.52 Å². The van der Waals surface area contributed by atoms with E-state index in [1.54, 1.807) is 30.3 Å². The number of nitrogens with one attached hydrogen (secondary N) is 1. The van der Waals surface area contributed by atoms with Gasteiger partial charge in [-0.3, -0.25) is 4.79 Å². The van der Waals surface area contributed by atoms with Crippen LogP contribution < -0.4 is 5.32 Å². The standard InChI is InChI=1S/C17H14FN3O3/c18-14-4-2-1-3-13(14)17-21-20-16(24-17)12-7-5-11(6-8-12)9-19-10-15(22)23/h1-8,19H,9-10H2,(H,22,23). The molecule has 0 saturated heterocycles. The fourth-order valence-corrected chi connectivity index (χ4v) is 2.16. The van der Waals surface area contributed by atoms with Crippen LogP contribution in [-0.4, -0.2) is 27.8 Å². The van der Waals surface area contributed by atoms with E-state index >= 15 is 0 Å². The van der Waals surface area contributed by atoms with Crippen LogP contribution in [0.25, 0.3) is 22.9 Å². The first-order valence-electron chi connectivity index (χ1n) is 7.24. The molecule has 0 unspecified atom stereocenters. The van der Waals surface area contributed by atoms with Crippen molar-refractivity contribution in [1.29, 1.82) is 0 Å². The van der Waals surface area contributed by atoms with E-state index in [0.29, 0.717) is 18.0 Å². The zero-order valence-electron chi connectivity index (χ0n) is 12.6. The number of aliphatic carboxylic acids is 1. The highest BCUT2D eigenvalue weighted by Gasteiger charge is 2.13. The molecule has 3 rings (SSSR count). The number of benzene rings is 2. The molecular weight excluding hydrogens is 313 g/mol. The number of halogens is 1. The van der Waals surface area contributed by atoms with E-state index in [1.807, 2.05) is 12.1 Å². The van der Waals surface area contributed by atoms with Gasteiger partial charge in [-0.25, -0.2) is 4.39 Å². The normalized spacial score (nSPS) is 10.7. The Kier molecular flexibility index (Phi) is 4.62. The summed E-state index contributed by atoms with van der Waals surface area (Å²) in [7, 11) is 0. The molecular formula is C17H14FN3O3. The Labute approximate surface area is 137 Å².